The highest BCUT2D eigenvalue weighted by Crippen LogP contribution is 2.26. The van der Waals surface area contributed by atoms with Gasteiger partial charge in [-0.2, -0.15) is 0 Å². The molecule has 0 radical (unpaired) electrons. The lowest BCUT2D eigenvalue weighted by atomic mass is 10.1. The number of Topliss-reactive ketones (excluding diaryl/α,β-unsaturated/α-hetero) is 1. The maximum absolute atomic E-state index is 12.9. The Hall–Kier alpha value is -3.56. The molecule has 0 bridgehead atoms. The predicted octanol–water partition coefficient (Wildman–Crippen LogP) is 2.24. The second kappa shape index (κ2) is 9.29. The largest absolute Gasteiger partial charge is 0.396 e. The van der Waals surface area contributed by atoms with Crippen LogP contribution in [0.4, 0.5) is 11.6 Å². The van der Waals surface area contributed by atoms with Crippen LogP contribution in [0.15, 0.2) is 42.5 Å². The zero-order valence-electron chi connectivity index (χ0n) is 17.7. The Bertz CT molecular complexity index is 1190. The summed E-state index contributed by atoms with van der Waals surface area (Å²) in [4.78, 5) is 42.9. The van der Waals surface area contributed by atoms with E-state index in [1.54, 1.807) is 35.2 Å². The van der Waals surface area contributed by atoms with Crippen LogP contribution >= 0.6 is 0 Å². The van der Waals surface area contributed by atoms with Crippen LogP contribution in [-0.2, 0) is 16.1 Å². The summed E-state index contributed by atoms with van der Waals surface area (Å²) < 4.78 is 7.02. The lowest BCUT2D eigenvalue weighted by Gasteiger charge is -2.26. The number of aliphatic hydroxyl groups is 1. The number of carbonyl (C=O) groups excluding carboxylic acids is 3. The number of fused-ring (bicyclic) bond motifs is 1. The first-order valence-electron chi connectivity index (χ1n) is 10.4. The molecule has 0 unspecified atom stereocenters. The number of amides is 2. The Labute approximate surface area is 184 Å². The van der Waals surface area contributed by atoms with E-state index in [1.807, 2.05) is 16.7 Å². The van der Waals surface area contributed by atoms with E-state index in [2.05, 4.69) is 10.3 Å². The van der Waals surface area contributed by atoms with Crippen molar-refractivity contribution in [2.24, 2.45) is 0 Å². The number of morpholine rings is 1. The van der Waals surface area contributed by atoms with Gasteiger partial charge in [0.1, 0.15) is 6.61 Å². The lowest BCUT2D eigenvalue weighted by molar-refractivity contribution is -0.125. The summed E-state index contributed by atoms with van der Waals surface area (Å²) in [7, 11) is 0. The van der Waals surface area contributed by atoms with Gasteiger partial charge in [0.15, 0.2) is 5.78 Å². The van der Waals surface area contributed by atoms with E-state index in [4.69, 9.17) is 4.74 Å². The number of ketones is 1. The van der Waals surface area contributed by atoms with Gasteiger partial charge in [-0.3, -0.25) is 19.7 Å². The van der Waals surface area contributed by atoms with Gasteiger partial charge in [-0.1, -0.05) is 12.1 Å². The third-order valence-electron chi connectivity index (χ3n) is 5.33. The van der Waals surface area contributed by atoms with Crippen molar-refractivity contribution in [2.45, 2.75) is 19.9 Å². The van der Waals surface area contributed by atoms with E-state index in [9.17, 15) is 19.5 Å². The molecule has 4 rings (SSSR count). The fraction of sp³-hybridized carbons (Fsp3) is 0.304. The van der Waals surface area contributed by atoms with Gasteiger partial charge in [0.05, 0.1) is 17.6 Å². The normalized spacial score (nSPS) is 14.1. The molecule has 1 aromatic heterocycles. The average Bonchev–Trinajstić information content (AvgIpc) is 3.14. The molecule has 0 atom stereocenters. The number of nitrogens with zero attached hydrogens (tertiary/aromatic N) is 3. The van der Waals surface area contributed by atoms with Gasteiger partial charge in [-0.05, 0) is 43.7 Å². The van der Waals surface area contributed by atoms with Gasteiger partial charge in [0.2, 0.25) is 5.95 Å². The molecule has 9 heteroatoms. The van der Waals surface area contributed by atoms with Crippen molar-refractivity contribution >= 4 is 40.3 Å². The van der Waals surface area contributed by atoms with E-state index >= 15 is 0 Å². The minimum absolute atomic E-state index is 0.00587. The quantitative estimate of drug-likeness (QED) is 0.549. The number of aliphatic hydroxyl groups excluding tert-OH is 1. The number of anilines is 2. The third kappa shape index (κ3) is 4.39. The van der Waals surface area contributed by atoms with E-state index in [1.165, 1.54) is 6.92 Å². The maximum Gasteiger partial charge on any atom is 0.257 e. The van der Waals surface area contributed by atoms with Crippen molar-refractivity contribution in [2.75, 3.05) is 36.6 Å². The smallest absolute Gasteiger partial charge is 0.257 e. The summed E-state index contributed by atoms with van der Waals surface area (Å²) in [5, 5.41) is 12.1. The number of ether oxygens (including phenoxy) is 1. The molecular formula is C23H24N4O5. The average molecular weight is 436 g/mol. The molecule has 0 spiro atoms. The zero-order chi connectivity index (χ0) is 22.7. The number of nitrogens with one attached hydrogen (secondary N) is 1. The molecule has 0 saturated carbocycles. The van der Waals surface area contributed by atoms with E-state index in [0.717, 1.165) is 5.52 Å². The third-order valence-corrected chi connectivity index (χ3v) is 5.33. The number of aryl methyl sites for hydroxylation is 1. The fourth-order valence-corrected chi connectivity index (χ4v) is 3.68. The summed E-state index contributed by atoms with van der Waals surface area (Å²) in [5.74, 6) is -0.302. The van der Waals surface area contributed by atoms with E-state index in [-0.39, 0.29) is 24.9 Å². The molecule has 2 aromatic carbocycles. The van der Waals surface area contributed by atoms with Crippen molar-refractivity contribution in [1.82, 2.24) is 9.55 Å². The summed E-state index contributed by atoms with van der Waals surface area (Å²) in [6, 6.07) is 12.0. The standard InChI is InChI=1S/C23H24N4O5/c1-15(29)16-4-2-5-17(12-16)22(31)25-23-24-19-13-18(26-9-11-32-14-21(26)30)6-7-20(19)27(23)8-3-10-28/h2,4-7,12-13,28H,3,8-11,14H2,1H3,(H,24,25,31). The van der Waals surface area contributed by atoms with Gasteiger partial charge in [0.25, 0.3) is 11.8 Å². The monoisotopic (exact) mass is 436 g/mol. The molecule has 2 N–H and O–H groups in total. The molecule has 2 heterocycles. The number of imidazole rings is 1. The molecule has 2 amide bonds. The van der Waals surface area contributed by atoms with Gasteiger partial charge in [-0.25, -0.2) is 4.98 Å². The highest BCUT2D eigenvalue weighted by molar-refractivity contribution is 6.06. The van der Waals surface area contributed by atoms with Crippen molar-refractivity contribution in [3.05, 3.63) is 53.6 Å². The molecular weight excluding hydrogens is 412 g/mol. The second-order valence-corrected chi connectivity index (χ2v) is 7.53. The first-order valence-corrected chi connectivity index (χ1v) is 10.4. The number of rotatable bonds is 7. The van der Waals surface area contributed by atoms with Gasteiger partial charge in [-0.15, -0.1) is 0 Å². The number of hydrogen-bond acceptors (Lipinski definition) is 6. The zero-order valence-corrected chi connectivity index (χ0v) is 17.7. The molecule has 166 valence electrons. The maximum atomic E-state index is 12.9. The molecule has 32 heavy (non-hydrogen) atoms. The van der Waals surface area contributed by atoms with E-state index in [0.29, 0.717) is 54.4 Å². The Morgan fingerprint density at radius 3 is 2.75 bits per heavy atom. The Balaban J connectivity index is 1.67. The molecule has 1 aliphatic rings. The van der Waals surface area contributed by atoms with Gasteiger partial charge in [0, 0.05) is 36.5 Å². The summed E-state index contributed by atoms with van der Waals surface area (Å²) in [6.07, 6.45) is 0.484. The molecule has 9 nitrogen and oxygen atoms in total. The predicted molar refractivity (Wildman–Crippen MR) is 119 cm³/mol. The fourth-order valence-electron chi connectivity index (χ4n) is 3.68. The molecule has 1 aliphatic heterocycles. The Kier molecular flexibility index (Phi) is 6.29. The number of aromatic nitrogens is 2. The molecule has 1 fully saturated rings. The van der Waals surface area contributed by atoms with E-state index < -0.39 is 5.91 Å². The highest BCUT2D eigenvalue weighted by atomic mass is 16.5. The van der Waals surface area contributed by atoms with Crippen LogP contribution in [0.25, 0.3) is 11.0 Å². The van der Waals surface area contributed by atoms with Crippen LogP contribution in [0.3, 0.4) is 0 Å². The van der Waals surface area contributed by atoms with Crippen LogP contribution in [0.2, 0.25) is 0 Å². The minimum Gasteiger partial charge on any atom is -0.396 e. The topological polar surface area (TPSA) is 114 Å². The number of benzene rings is 2. The van der Waals surface area contributed by atoms with Crippen molar-refractivity contribution in [3.8, 4) is 0 Å². The highest BCUT2D eigenvalue weighted by Gasteiger charge is 2.22. The van der Waals surface area contributed by atoms with Gasteiger partial charge < -0.3 is 19.3 Å². The van der Waals surface area contributed by atoms with Crippen LogP contribution in [0, 0.1) is 0 Å². The van der Waals surface area contributed by atoms with Gasteiger partial charge >= 0.3 is 0 Å². The van der Waals surface area contributed by atoms with Crippen LogP contribution in [-0.4, -0.2) is 58.6 Å². The summed E-state index contributed by atoms with van der Waals surface area (Å²) in [5.41, 5.74) is 2.90. The van der Waals surface area contributed by atoms with Crippen LogP contribution < -0.4 is 10.2 Å². The molecule has 1 saturated heterocycles. The molecule has 0 aliphatic carbocycles. The van der Waals surface area contributed by atoms with Crippen molar-refractivity contribution in [3.63, 3.8) is 0 Å². The SMILES string of the molecule is CC(=O)c1cccc(C(=O)Nc2nc3cc(N4CCOCC4=O)ccc3n2CCCO)c1. The number of hydrogen-bond donors (Lipinski definition) is 2. The first-order chi connectivity index (χ1) is 15.5. The minimum atomic E-state index is -0.391. The number of carbonyl (C=O) groups is 3. The lowest BCUT2D eigenvalue weighted by Crippen LogP contribution is -2.41. The van der Waals surface area contributed by atoms with Crippen molar-refractivity contribution in [1.29, 1.82) is 0 Å². The van der Waals surface area contributed by atoms with Crippen molar-refractivity contribution < 1.29 is 24.2 Å². The second-order valence-electron chi connectivity index (χ2n) is 7.53. The first kappa shape index (κ1) is 21.7. The summed E-state index contributed by atoms with van der Waals surface area (Å²) in [6.45, 7) is 2.87. The molecule has 3 aromatic rings. The Morgan fingerprint density at radius 1 is 1.19 bits per heavy atom. The van der Waals surface area contributed by atoms with Crippen LogP contribution in [0.5, 0.6) is 0 Å². The Morgan fingerprint density at radius 2 is 2.00 bits per heavy atom. The van der Waals surface area contributed by atoms with Crippen LogP contribution in [0.1, 0.15) is 34.1 Å². The summed E-state index contributed by atoms with van der Waals surface area (Å²) >= 11 is 0.